The molecular weight excluding hydrogens is 372 g/mol. The number of aryl methyl sites for hydroxylation is 1. The van der Waals surface area contributed by atoms with E-state index in [4.69, 9.17) is 16.6 Å². The highest BCUT2D eigenvalue weighted by atomic mass is 35.5. The first-order valence-corrected chi connectivity index (χ1v) is 9.80. The van der Waals surface area contributed by atoms with Gasteiger partial charge in [-0.2, -0.15) is 0 Å². The van der Waals surface area contributed by atoms with Crippen LogP contribution in [0, 0.1) is 6.92 Å². The fraction of sp³-hybridized carbons (Fsp3) is 0.273. The van der Waals surface area contributed by atoms with Crippen LogP contribution in [0.5, 0.6) is 0 Å². The van der Waals surface area contributed by atoms with Gasteiger partial charge in [0.1, 0.15) is 5.82 Å². The summed E-state index contributed by atoms with van der Waals surface area (Å²) in [6.45, 7) is 6.15. The van der Waals surface area contributed by atoms with E-state index in [2.05, 4.69) is 35.2 Å². The Balaban J connectivity index is 1.59. The molecule has 1 aliphatic rings. The summed E-state index contributed by atoms with van der Waals surface area (Å²) >= 11 is 6.13. The van der Waals surface area contributed by atoms with E-state index in [-0.39, 0.29) is 5.91 Å². The van der Waals surface area contributed by atoms with Crippen molar-refractivity contribution in [2.75, 3.05) is 43.4 Å². The van der Waals surface area contributed by atoms with E-state index < -0.39 is 0 Å². The van der Waals surface area contributed by atoms with Gasteiger partial charge in [0.2, 0.25) is 0 Å². The van der Waals surface area contributed by atoms with Crippen molar-refractivity contribution in [2.24, 2.45) is 0 Å². The van der Waals surface area contributed by atoms with Crippen LogP contribution in [0.4, 0.5) is 11.5 Å². The van der Waals surface area contributed by atoms with E-state index in [1.165, 1.54) is 0 Å². The number of amides is 1. The second-order valence-electron chi connectivity index (χ2n) is 7.25. The molecule has 6 heteroatoms. The number of hydrogen-bond donors (Lipinski definition) is 1. The zero-order chi connectivity index (χ0) is 19.7. The van der Waals surface area contributed by atoms with Gasteiger partial charge in [-0.3, -0.25) is 4.79 Å². The van der Waals surface area contributed by atoms with Gasteiger partial charge in [-0.05, 0) is 55.9 Å². The van der Waals surface area contributed by atoms with Gasteiger partial charge < -0.3 is 15.1 Å². The number of fused-ring (bicyclic) bond motifs is 1. The Morgan fingerprint density at radius 2 is 1.82 bits per heavy atom. The molecule has 1 saturated heterocycles. The minimum absolute atomic E-state index is 0.218. The minimum atomic E-state index is -0.218. The smallest absolute Gasteiger partial charge is 0.257 e. The molecule has 0 aliphatic carbocycles. The van der Waals surface area contributed by atoms with Gasteiger partial charge in [0.05, 0.1) is 16.1 Å². The SMILES string of the molecule is Cc1cc(N2CCN(C)CC2)nc2ccc(NC(=O)c3ccccc3Cl)cc12. The first-order valence-electron chi connectivity index (χ1n) is 9.42. The number of nitrogens with zero attached hydrogens (tertiary/aromatic N) is 3. The summed E-state index contributed by atoms with van der Waals surface area (Å²) in [5.74, 6) is 0.801. The predicted octanol–water partition coefficient (Wildman–Crippen LogP) is 4.20. The molecule has 4 rings (SSSR count). The van der Waals surface area contributed by atoms with Gasteiger partial charge >= 0.3 is 0 Å². The van der Waals surface area contributed by atoms with Gasteiger partial charge in [0.15, 0.2) is 0 Å². The third-order valence-corrected chi connectivity index (χ3v) is 5.54. The van der Waals surface area contributed by atoms with Crippen molar-refractivity contribution in [3.8, 4) is 0 Å². The summed E-state index contributed by atoms with van der Waals surface area (Å²) in [6, 6.07) is 15.0. The van der Waals surface area contributed by atoms with Crippen molar-refractivity contribution in [2.45, 2.75) is 6.92 Å². The van der Waals surface area contributed by atoms with E-state index in [0.29, 0.717) is 10.6 Å². The van der Waals surface area contributed by atoms with Gasteiger partial charge in [0, 0.05) is 37.3 Å². The lowest BCUT2D eigenvalue weighted by molar-refractivity contribution is 0.102. The number of carbonyl (C=O) groups is 1. The van der Waals surface area contributed by atoms with Crippen molar-refractivity contribution in [1.82, 2.24) is 9.88 Å². The molecule has 0 atom stereocenters. The van der Waals surface area contributed by atoms with E-state index in [0.717, 1.165) is 54.2 Å². The van der Waals surface area contributed by atoms with Crippen LogP contribution in [0.1, 0.15) is 15.9 Å². The molecule has 28 heavy (non-hydrogen) atoms. The zero-order valence-electron chi connectivity index (χ0n) is 16.1. The second kappa shape index (κ2) is 7.78. The first-order chi connectivity index (χ1) is 13.5. The van der Waals surface area contributed by atoms with Crippen molar-refractivity contribution < 1.29 is 4.79 Å². The molecule has 2 heterocycles. The summed E-state index contributed by atoms with van der Waals surface area (Å²) in [4.78, 5) is 22.0. The molecule has 2 aromatic carbocycles. The molecule has 1 fully saturated rings. The molecular formula is C22H23ClN4O. The van der Waals surface area contributed by atoms with Crippen molar-refractivity contribution >= 4 is 39.9 Å². The highest BCUT2D eigenvalue weighted by molar-refractivity contribution is 6.34. The van der Waals surface area contributed by atoms with Gasteiger partial charge in [0.25, 0.3) is 5.91 Å². The van der Waals surface area contributed by atoms with Crippen molar-refractivity contribution in [3.05, 3.63) is 64.7 Å². The average Bonchev–Trinajstić information content (AvgIpc) is 2.69. The van der Waals surface area contributed by atoms with Crippen molar-refractivity contribution in [1.29, 1.82) is 0 Å². The number of benzene rings is 2. The predicted molar refractivity (Wildman–Crippen MR) is 116 cm³/mol. The summed E-state index contributed by atoms with van der Waals surface area (Å²) in [6.07, 6.45) is 0. The van der Waals surface area contributed by atoms with Crippen LogP contribution in [-0.2, 0) is 0 Å². The van der Waals surface area contributed by atoms with E-state index in [1.807, 2.05) is 24.3 Å². The number of anilines is 2. The summed E-state index contributed by atoms with van der Waals surface area (Å²) in [5, 5.41) is 4.41. The summed E-state index contributed by atoms with van der Waals surface area (Å²) in [7, 11) is 2.15. The maximum atomic E-state index is 12.5. The summed E-state index contributed by atoms with van der Waals surface area (Å²) in [5.41, 5.74) is 3.27. The normalized spacial score (nSPS) is 15.0. The first kappa shape index (κ1) is 18.7. The van der Waals surface area contributed by atoms with Gasteiger partial charge in [-0.25, -0.2) is 4.98 Å². The van der Waals surface area contributed by atoms with E-state index in [9.17, 15) is 4.79 Å². The topological polar surface area (TPSA) is 48.5 Å². The van der Waals surface area contributed by atoms with Crippen LogP contribution in [0.3, 0.4) is 0 Å². The second-order valence-corrected chi connectivity index (χ2v) is 7.66. The van der Waals surface area contributed by atoms with Gasteiger partial charge in [-0.15, -0.1) is 0 Å². The Morgan fingerprint density at radius 1 is 1.07 bits per heavy atom. The molecule has 1 N–H and O–H groups in total. The number of aromatic nitrogens is 1. The number of hydrogen-bond acceptors (Lipinski definition) is 4. The molecule has 0 bridgehead atoms. The summed E-state index contributed by atoms with van der Waals surface area (Å²) < 4.78 is 0. The number of piperazine rings is 1. The number of pyridine rings is 1. The highest BCUT2D eigenvalue weighted by Crippen LogP contribution is 2.26. The Labute approximate surface area is 169 Å². The maximum absolute atomic E-state index is 12.5. The monoisotopic (exact) mass is 394 g/mol. The lowest BCUT2D eigenvalue weighted by Crippen LogP contribution is -2.44. The van der Waals surface area contributed by atoms with Crippen LogP contribution in [0.25, 0.3) is 10.9 Å². The molecule has 1 aliphatic heterocycles. The van der Waals surface area contributed by atoms with Crippen molar-refractivity contribution in [3.63, 3.8) is 0 Å². The standard InChI is InChI=1S/C22H23ClN4O/c1-15-13-21(27-11-9-26(2)10-12-27)25-20-8-7-16(14-18(15)20)24-22(28)17-5-3-4-6-19(17)23/h3-8,13-14H,9-12H2,1-2H3,(H,24,28). The van der Waals surface area contributed by atoms with Crippen LogP contribution in [0.15, 0.2) is 48.5 Å². The third-order valence-electron chi connectivity index (χ3n) is 5.21. The Bertz CT molecular complexity index is 1030. The molecule has 3 aromatic rings. The Morgan fingerprint density at radius 3 is 2.57 bits per heavy atom. The molecule has 0 radical (unpaired) electrons. The van der Waals surface area contributed by atoms with Crippen LogP contribution in [-0.4, -0.2) is 49.0 Å². The number of likely N-dealkylation sites (N-methyl/N-ethyl adjacent to an activating group) is 1. The number of halogens is 1. The molecule has 0 saturated carbocycles. The van der Waals surface area contributed by atoms with E-state index in [1.54, 1.807) is 18.2 Å². The number of carbonyl (C=O) groups excluding carboxylic acids is 1. The molecule has 0 unspecified atom stereocenters. The van der Waals surface area contributed by atoms with Gasteiger partial charge in [-0.1, -0.05) is 23.7 Å². The average molecular weight is 395 g/mol. The zero-order valence-corrected chi connectivity index (χ0v) is 16.8. The van der Waals surface area contributed by atoms with Crippen LogP contribution in [0.2, 0.25) is 5.02 Å². The fourth-order valence-corrected chi connectivity index (χ4v) is 3.72. The quantitative estimate of drug-likeness (QED) is 0.723. The van der Waals surface area contributed by atoms with E-state index >= 15 is 0 Å². The molecule has 1 aromatic heterocycles. The molecule has 144 valence electrons. The fourth-order valence-electron chi connectivity index (χ4n) is 3.50. The highest BCUT2D eigenvalue weighted by Gasteiger charge is 2.17. The minimum Gasteiger partial charge on any atom is -0.354 e. The number of rotatable bonds is 3. The van der Waals surface area contributed by atoms with Crippen LogP contribution >= 0.6 is 11.6 Å². The maximum Gasteiger partial charge on any atom is 0.257 e. The molecule has 1 amide bonds. The van der Waals surface area contributed by atoms with Crippen LogP contribution < -0.4 is 10.2 Å². The lowest BCUT2D eigenvalue weighted by Gasteiger charge is -2.33. The molecule has 0 spiro atoms. The third kappa shape index (κ3) is 3.81. The largest absolute Gasteiger partial charge is 0.354 e. The molecule has 5 nitrogen and oxygen atoms in total. The Hall–Kier alpha value is -2.63. The lowest BCUT2D eigenvalue weighted by atomic mass is 10.1. The number of nitrogens with one attached hydrogen (secondary N) is 1. The Kier molecular flexibility index (Phi) is 5.20.